The van der Waals surface area contributed by atoms with E-state index in [9.17, 15) is 0 Å². The average molecular weight is 117 g/mol. The lowest BCUT2D eigenvalue weighted by atomic mass is 10.1. The summed E-state index contributed by atoms with van der Waals surface area (Å²) in [6, 6.07) is 0. The minimum absolute atomic E-state index is 0.157. The summed E-state index contributed by atoms with van der Waals surface area (Å²) < 4.78 is 0. The zero-order chi connectivity index (χ0) is 5.33. The van der Waals surface area contributed by atoms with E-state index in [2.05, 4.69) is 6.92 Å². The van der Waals surface area contributed by atoms with Crippen LogP contribution in [0.15, 0.2) is 0 Å². The van der Waals surface area contributed by atoms with Crippen molar-refractivity contribution in [3.63, 3.8) is 0 Å². The summed E-state index contributed by atoms with van der Waals surface area (Å²) in [7, 11) is 0. The molecule has 1 atom stereocenters. The Hall–Kier alpha value is 0.310. The van der Waals surface area contributed by atoms with E-state index in [0.717, 1.165) is 5.75 Å². The molecule has 0 aromatic carbocycles. The van der Waals surface area contributed by atoms with Crippen LogP contribution in [0.3, 0.4) is 0 Å². The lowest BCUT2D eigenvalue weighted by molar-refractivity contribution is 0.534. The standard InChI is InChI=1S/C5H11NS/c1-5(6)2-3-7-4-5/h2-4,6H2,1H3/t5-/m0/s1. The van der Waals surface area contributed by atoms with Gasteiger partial charge in [-0.15, -0.1) is 0 Å². The maximum Gasteiger partial charge on any atom is 0.0225 e. The molecule has 42 valence electrons. The van der Waals surface area contributed by atoms with Crippen LogP contribution in [0, 0.1) is 0 Å². The van der Waals surface area contributed by atoms with Crippen LogP contribution in [0.25, 0.3) is 0 Å². The molecule has 1 rings (SSSR count). The predicted molar refractivity (Wildman–Crippen MR) is 34.5 cm³/mol. The van der Waals surface area contributed by atoms with Crippen molar-refractivity contribution in [2.45, 2.75) is 18.9 Å². The van der Waals surface area contributed by atoms with Gasteiger partial charge in [0.25, 0.3) is 0 Å². The lowest BCUT2D eigenvalue weighted by Crippen LogP contribution is -2.35. The van der Waals surface area contributed by atoms with E-state index in [1.54, 1.807) is 0 Å². The molecule has 1 aliphatic rings. The molecule has 0 spiro atoms. The smallest absolute Gasteiger partial charge is 0.0225 e. The van der Waals surface area contributed by atoms with Gasteiger partial charge in [-0.1, -0.05) is 0 Å². The summed E-state index contributed by atoms with van der Waals surface area (Å²) in [6.07, 6.45) is 1.19. The second-order valence-electron chi connectivity index (χ2n) is 2.46. The van der Waals surface area contributed by atoms with Crippen molar-refractivity contribution < 1.29 is 0 Å². The normalized spacial score (nSPS) is 42.0. The quantitative estimate of drug-likeness (QED) is 0.509. The molecule has 0 amide bonds. The molecule has 0 aliphatic carbocycles. The number of thioether (sulfide) groups is 1. The molecule has 0 radical (unpaired) electrons. The number of hydrogen-bond donors (Lipinski definition) is 1. The Morgan fingerprint density at radius 1 is 1.71 bits per heavy atom. The molecule has 1 aliphatic heterocycles. The molecule has 2 N–H and O–H groups in total. The molecule has 7 heavy (non-hydrogen) atoms. The van der Waals surface area contributed by atoms with Crippen LogP contribution in [-0.4, -0.2) is 17.0 Å². The first-order valence-electron chi connectivity index (χ1n) is 2.57. The molecule has 0 aromatic heterocycles. The summed E-state index contributed by atoms with van der Waals surface area (Å²) in [5.41, 5.74) is 5.91. The molecule has 0 unspecified atom stereocenters. The molecule has 0 bridgehead atoms. The van der Waals surface area contributed by atoms with Gasteiger partial charge in [0, 0.05) is 11.3 Å². The van der Waals surface area contributed by atoms with Crippen molar-refractivity contribution in [1.29, 1.82) is 0 Å². The number of nitrogens with two attached hydrogens (primary N) is 1. The summed E-state index contributed by atoms with van der Waals surface area (Å²) in [5, 5.41) is 0. The van der Waals surface area contributed by atoms with E-state index < -0.39 is 0 Å². The van der Waals surface area contributed by atoms with E-state index in [-0.39, 0.29) is 5.54 Å². The molecule has 1 heterocycles. The van der Waals surface area contributed by atoms with Crippen LogP contribution in [0.2, 0.25) is 0 Å². The number of hydrogen-bond acceptors (Lipinski definition) is 2. The van der Waals surface area contributed by atoms with Gasteiger partial charge in [-0.25, -0.2) is 0 Å². The highest BCUT2D eigenvalue weighted by atomic mass is 32.2. The fourth-order valence-electron chi connectivity index (χ4n) is 0.683. The minimum Gasteiger partial charge on any atom is -0.325 e. The third-order valence-electron chi connectivity index (χ3n) is 1.25. The molecule has 1 saturated heterocycles. The van der Waals surface area contributed by atoms with E-state index in [4.69, 9.17) is 5.73 Å². The van der Waals surface area contributed by atoms with Crippen LogP contribution < -0.4 is 5.73 Å². The van der Waals surface area contributed by atoms with E-state index in [1.165, 1.54) is 12.2 Å². The SMILES string of the molecule is C[C@]1(N)CCSC1. The molecular formula is C5H11NS. The maximum absolute atomic E-state index is 5.76. The summed E-state index contributed by atoms with van der Waals surface area (Å²) >= 11 is 1.96. The van der Waals surface area contributed by atoms with Gasteiger partial charge < -0.3 is 5.73 Å². The Labute approximate surface area is 48.7 Å². The highest BCUT2D eigenvalue weighted by Gasteiger charge is 2.23. The predicted octanol–water partition coefficient (Wildman–Crippen LogP) is 0.841. The fourth-order valence-corrected chi connectivity index (χ4v) is 2.05. The molecule has 0 saturated carbocycles. The van der Waals surface area contributed by atoms with E-state index in [1.807, 2.05) is 11.8 Å². The Morgan fingerprint density at radius 3 is 2.57 bits per heavy atom. The first-order chi connectivity index (χ1) is 3.21. The van der Waals surface area contributed by atoms with E-state index >= 15 is 0 Å². The Kier molecular flexibility index (Phi) is 1.30. The summed E-state index contributed by atoms with van der Waals surface area (Å²) in [6.45, 7) is 2.12. The average Bonchev–Trinajstić information content (AvgIpc) is 1.84. The van der Waals surface area contributed by atoms with Crippen molar-refractivity contribution in [3.8, 4) is 0 Å². The van der Waals surface area contributed by atoms with Crippen LogP contribution in [0.4, 0.5) is 0 Å². The van der Waals surface area contributed by atoms with Gasteiger partial charge >= 0.3 is 0 Å². The highest BCUT2D eigenvalue weighted by molar-refractivity contribution is 7.99. The lowest BCUT2D eigenvalue weighted by Gasteiger charge is -2.13. The zero-order valence-corrected chi connectivity index (χ0v) is 5.42. The van der Waals surface area contributed by atoms with Crippen molar-refractivity contribution in [1.82, 2.24) is 0 Å². The topological polar surface area (TPSA) is 26.0 Å². The first kappa shape index (κ1) is 5.45. The molecule has 1 nitrogen and oxygen atoms in total. The Morgan fingerprint density at radius 2 is 2.43 bits per heavy atom. The van der Waals surface area contributed by atoms with Crippen molar-refractivity contribution in [2.75, 3.05) is 11.5 Å². The monoisotopic (exact) mass is 117 g/mol. The van der Waals surface area contributed by atoms with Gasteiger partial charge in [-0.05, 0) is 19.1 Å². The van der Waals surface area contributed by atoms with Crippen LogP contribution >= 0.6 is 11.8 Å². The maximum atomic E-state index is 5.76. The Balaban J connectivity index is 2.40. The van der Waals surface area contributed by atoms with Crippen LogP contribution in [0.1, 0.15) is 13.3 Å². The molecular weight excluding hydrogens is 106 g/mol. The second kappa shape index (κ2) is 1.67. The molecule has 0 aromatic rings. The van der Waals surface area contributed by atoms with Crippen molar-refractivity contribution in [3.05, 3.63) is 0 Å². The minimum atomic E-state index is 0.157. The summed E-state index contributed by atoms with van der Waals surface area (Å²) in [5.74, 6) is 2.40. The fraction of sp³-hybridized carbons (Fsp3) is 1.00. The van der Waals surface area contributed by atoms with Crippen molar-refractivity contribution in [2.24, 2.45) is 5.73 Å². The second-order valence-corrected chi connectivity index (χ2v) is 3.56. The van der Waals surface area contributed by atoms with Crippen LogP contribution in [0.5, 0.6) is 0 Å². The zero-order valence-electron chi connectivity index (χ0n) is 4.61. The Bertz CT molecular complexity index is 62.5. The van der Waals surface area contributed by atoms with Gasteiger partial charge in [0.05, 0.1) is 0 Å². The van der Waals surface area contributed by atoms with Crippen molar-refractivity contribution >= 4 is 11.8 Å². The van der Waals surface area contributed by atoms with Gasteiger partial charge in [0.1, 0.15) is 0 Å². The van der Waals surface area contributed by atoms with Gasteiger partial charge in [0.15, 0.2) is 0 Å². The van der Waals surface area contributed by atoms with Gasteiger partial charge in [-0.2, -0.15) is 11.8 Å². The van der Waals surface area contributed by atoms with Gasteiger partial charge in [0.2, 0.25) is 0 Å². The number of rotatable bonds is 0. The van der Waals surface area contributed by atoms with Crippen LogP contribution in [-0.2, 0) is 0 Å². The third kappa shape index (κ3) is 1.35. The van der Waals surface area contributed by atoms with E-state index in [0.29, 0.717) is 0 Å². The first-order valence-corrected chi connectivity index (χ1v) is 3.73. The molecule has 2 heteroatoms. The largest absolute Gasteiger partial charge is 0.325 e. The third-order valence-corrected chi connectivity index (χ3v) is 2.61. The molecule has 1 fully saturated rings. The van der Waals surface area contributed by atoms with Gasteiger partial charge in [-0.3, -0.25) is 0 Å². The highest BCUT2D eigenvalue weighted by Crippen LogP contribution is 2.24. The summed E-state index contributed by atoms with van der Waals surface area (Å²) in [4.78, 5) is 0.